The Bertz CT molecular complexity index is 592. The molecule has 0 fully saturated rings. The summed E-state index contributed by atoms with van der Waals surface area (Å²) in [7, 11) is 1.90. The van der Waals surface area contributed by atoms with E-state index in [1.807, 2.05) is 17.8 Å². The van der Waals surface area contributed by atoms with Crippen molar-refractivity contribution in [2.75, 3.05) is 11.9 Å². The van der Waals surface area contributed by atoms with Gasteiger partial charge in [0.25, 0.3) is 0 Å². The minimum atomic E-state index is -0.952. The molecule has 2 N–H and O–H groups in total. The van der Waals surface area contributed by atoms with E-state index >= 15 is 0 Å². The van der Waals surface area contributed by atoms with Crippen molar-refractivity contribution in [3.8, 4) is 0 Å². The van der Waals surface area contributed by atoms with Gasteiger partial charge in [-0.2, -0.15) is 5.10 Å². The van der Waals surface area contributed by atoms with Gasteiger partial charge in [-0.15, -0.1) is 0 Å². The molecule has 0 bridgehead atoms. The fourth-order valence-electron chi connectivity index (χ4n) is 1.85. The van der Waals surface area contributed by atoms with E-state index in [4.69, 9.17) is 5.11 Å². The van der Waals surface area contributed by atoms with Gasteiger partial charge in [-0.25, -0.2) is 9.78 Å². The van der Waals surface area contributed by atoms with E-state index in [0.29, 0.717) is 11.5 Å². The van der Waals surface area contributed by atoms with Gasteiger partial charge in [-0.05, 0) is 25.1 Å². The number of pyridine rings is 1. The van der Waals surface area contributed by atoms with E-state index in [0.717, 1.165) is 18.7 Å². The predicted molar refractivity (Wildman–Crippen MR) is 71.3 cm³/mol. The molecule has 6 nitrogen and oxygen atoms in total. The third-order valence-corrected chi connectivity index (χ3v) is 2.93. The summed E-state index contributed by atoms with van der Waals surface area (Å²) >= 11 is 0. The average molecular weight is 260 g/mol. The topological polar surface area (TPSA) is 80.0 Å². The van der Waals surface area contributed by atoms with Gasteiger partial charge in [0, 0.05) is 31.9 Å². The lowest BCUT2D eigenvalue weighted by Gasteiger charge is -2.08. The van der Waals surface area contributed by atoms with Crippen LogP contribution in [0.15, 0.2) is 24.4 Å². The quantitative estimate of drug-likeness (QED) is 0.851. The van der Waals surface area contributed by atoms with E-state index in [1.165, 1.54) is 0 Å². The summed E-state index contributed by atoms with van der Waals surface area (Å²) in [6.07, 6.45) is 2.59. The standard InChI is InChI=1S/C13H16N4O2/c1-9-11(13(18)19)3-4-12(16-9)14-7-5-10-6-8-15-17(10)2/h3-4,6,8H,5,7H2,1-2H3,(H,14,16)(H,18,19). The Morgan fingerprint density at radius 1 is 1.42 bits per heavy atom. The van der Waals surface area contributed by atoms with Crippen LogP contribution < -0.4 is 5.32 Å². The zero-order valence-electron chi connectivity index (χ0n) is 10.9. The summed E-state index contributed by atoms with van der Waals surface area (Å²) in [5, 5.41) is 16.2. The second-order valence-electron chi connectivity index (χ2n) is 4.26. The van der Waals surface area contributed by atoms with Gasteiger partial charge in [0.2, 0.25) is 0 Å². The maximum Gasteiger partial charge on any atom is 0.337 e. The van der Waals surface area contributed by atoms with Gasteiger partial charge in [0.05, 0.1) is 11.3 Å². The fourth-order valence-corrected chi connectivity index (χ4v) is 1.85. The summed E-state index contributed by atoms with van der Waals surface area (Å²) < 4.78 is 1.83. The first kappa shape index (κ1) is 13.1. The Kier molecular flexibility index (Phi) is 3.79. The second-order valence-corrected chi connectivity index (χ2v) is 4.26. The molecule has 0 aromatic carbocycles. The molecule has 0 atom stereocenters. The van der Waals surface area contributed by atoms with Crippen LogP contribution in [0.2, 0.25) is 0 Å². The lowest BCUT2D eigenvalue weighted by molar-refractivity contribution is 0.0695. The van der Waals surface area contributed by atoms with Crippen molar-refractivity contribution in [2.24, 2.45) is 7.05 Å². The first-order valence-electron chi connectivity index (χ1n) is 5.99. The van der Waals surface area contributed by atoms with Gasteiger partial charge in [-0.1, -0.05) is 0 Å². The van der Waals surface area contributed by atoms with Crippen LogP contribution in [0.25, 0.3) is 0 Å². The smallest absolute Gasteiger partial charge is 0.337 e. The van der Waals surface area contributed by atoms with E-state index < -0.39 is 5.97 Å². The molecule has 0 saturated heterocycles. The molecule has 0 radical (unpaired) electrons. The van der Waals surface area contributed by atoms with Gasteiger partial charge < -0.3 is 10.4 Å². The molecule has 0 aliphatic rings. The first-order valence-corrected chi connectivity index (χ1v) is 5.99. The Labute approximate surface area is 111 Å². The Morgan fingerprint density at radius 2 is 2.21 bits per heavy atom. The summed E-state index contributed by atoms with van der Waals surface area (Å²) in [4.78, 5) is 15.1. The van der Waals surface area contributed by atoms with E-state index in [-0.39, 0.29) is 5.56 Å². The number of rotatable bonds is 5. The van der Waals surface area contributed by atoms with Crippen LogP contribution in [-0.4, -0.2) is 32.4 Å². The van der Waals surface area contributed by atoms with Gasteiger partial charge in [0.15, 0.2) is 0 Å². The summed E-state index contributed by atoms with van der Waals surface area (Å²) in [5.74, 6) is -0.267. The lowest BCUT2D eigenvalue weighted by atomic mass is 10.2. The first-order chi connectivity index (χ1) is 9.08. The summed E-state index contributed by atoms with van der Waals surface area (Å²) in [5.41, 5.74) is 1.88. The highest BCUT2D eigenvalue weighted by Gasteiger charge is 2.08. The number of nitrogens with zero attached hydrogens (tertiary/aromatic N) is 3. The molecule has 0 aliphatic heterocycles. The maximum absolute atomic E-state index is 10.9. The number of carboxylic acids is 1. The number of hydrogen-bond acceptors (Lipinski definition) is 4. The minimum Gasteiger partial charge on any atom is -0.478 e. The van der Waals surface area contributed by atoms with Gasteiger partial charge in [-0.3, -0.25) is 4.68 Å². The molecule has 2 rings (SSSR count). The van der Waals surface area contributed by atoms with Crippen LogP contribution >= 0.6 is 0 Å². The van der Waals surface area contributed by atoms with E-state index in [1.54, 1.807) is 25.3 Å². The van der Waals surface area contributed by atoms with Crippen LogP contribution in [0.1, 0.15) is 21.7 Å². The molecule has 0 spiro atoms. The van der Waals surface area contributed by atoms with Crippen molar-refractivity contribution in [3.63, 3.8) is 0 Å². The molecule has 2 aromatic rings. The predicted octanol–water partition coefficient (Wildman–Crippen LogP) is 1.48. The number of anilines is 1. The van der Waals surface area contributed by atoms with Crippen molar-refractivity contribution in [2.45, 2.75) is 13.3 Å². The highest BCUT2D eigenvalue weighted by atomic mass is 16.4. The number of aryl methyl sites for hydroxylation is 2. The highest BCUT2D eigenvalue weighted by Crippen LogP contribution is 2.10. The van der Waals surface area contributed by atoms with Crippen molar-refractivity contribution in [1.29, 1.82) is 0 Å². The molecular formula is C13H16N4O2. The minimum absolute atomic E-state index is 0.234. The molecule has 19 heavy (non-hydrogen) atoms. The van der Waals surface area contributed by atoms with Crippen LogP contribution in [0.4, 0.5) is 5.82 Å². The summed E-state index contributed by atoms with van der Waals surface area (Å²) in [6.45, 7) is 2.41. The monoisotopic (exact) mass is 260 g/mol. The summed E-state index contributed by atoms with van der Waals surface area (Å²) in [6, 6.07) is 5.21. The van der Waals surface area contributed by atoms with Crippen LogP contribution in [0, 0.1) is 6.92 Å². The number of aromatic nitrogens is 3. The highest BCUT2D eigenvalue weighted by molar-refractivity contribution is 5.89. The SMILES string of the molecule is Cc1nc(NCCc2ccnn2C)ccc1C(=O)O. The molecule has 6 heteroatoms. The molecular weight excluding hydrogens is 244 g/mol. The van der Waals surface area contributed by atoms with Crippen molar-refractivity contribution in [3.05, 3.63) is 41.3 Å². The zero-order valence-corrected chi connectivity index (χ0v) is 10.9. The molecule has 0 amide bonds. The van der Waals surface area contributed by atoms with E-state index in [2.05, 4.69) is 15.4 Å². The number of carboxylic acid groups (broad SMARTS) is 1. The molecule has 0 saturated carbocycles. The van der Waals surface area contributed by atoms with Crippen molar-refractivity contribution >= 4 is 11.8 Å². The zero-order chi connectivity index (χ0) is 13.8. The van der Waals surface area contributed by atoms with Crippen LogP contribution in [-0.2, 0) is 13.5 Å². The van der Waals surface area contributed by atoms with Gasteiger partial charge >= 0.3 is 5.97 Å². The van der Waals surface area contributed by atoms with Crippen molar-refractivity contribution < 1.29 is 9.90 Å². The van der Waals surface area contributed by atoms with Crippen molar-refractivity contribution in [1.82, 2.24) is 14.8 Å². The van der Waals surface area contributed by atoms with Crippen LogP contribution in [0.5, 0.6) is 0 Å². The van der Waals surface area contributed by atoms with E-state index in [9.17, 15) is 4.79 Å². The molecule has 100 valence electrons. The lowest BCUT2D eigenvalue weighted by Crippen LogP contribution is -2.10. The number of carbonyl (C=O) groups is 1. The number of hydrogen-bond donors (Lipinski definition) is 2. The Balaban J connectivity index is 1.95. The molecule has 0 unspecified atom stereocenters. The number of aromatic carboxylic acids is 1. The third kappa shape index (κ3) is 3.09. The largest absolute Gasteiger partial charge is 0.478 e. The Hall–Kier alpha value is -2.37. The third-order valence-electron chi connectivity index (χ3n) is 2.93. The van der Waals surface area contributed by atoms with Gasteiger partial charge in [0.1, 0.15) is 5.82 Å². The maximum atomic E-state index is 10.9. The Morgan fingerprint density at radius 3 is 2.79 bits per heavy atom. The second kappa shape index (κ2) is 5.51. The number of nitrogens with one attached hydrogen (secondary N) is 1. The molecule has 0 aliphatic carbocycles. The molecule has 2 aromatic heterocycles. The van der Waals surface area contributed by atoms with Crippen LogP contribution in [0.3, 0.4) is 0 Å². The fraction of sp³-hybridized carbons (Fsp3) is 0.308. The average Bonchev–Trinajstić information content (AvgIpc) is 2.75. The normalized spacial score (nSPS) is 10.4. The molecule has 2 heterocycles.